The lowest BCUT2D eigenvalue weighted by Gasteiger charge is -2.30. The van der Waals surface area contributed by atoms with E-state index in [9.17, 15) is 19.7 Å². The molecule has 3 heterocycles. The molecule has 0 saturated carbocycles. The molecule has 0 aliphatic carbocycles. The van der Waals surface area contributed by atoms with Gasteiger partial charge >= 0.3 is 13.7 Å². The van der Waals surface area contributed by atoms with Gasteiger partial charge in [-0.05, 0) is 64.1 Å². The summed E-state index contributed by atoms with van der Waals surface area (Å²) in [5, 5.41) is 28.1. The number of nitrogens with zero attached hydrogens (tertiary/aromatic N) is 4. The Bertz CT molecular complexity index is 1510. The number of benzene rings is 1. The van der Waals surface area contributed by atoms with Crippen LogP contribution in [0.4, 0.5) is 10.2 Å². The second kappa shape index (κ2) is 11.5. The number of nitrogen functional groups attached to an aromatic ring is 1. The predicted octanol–water partition coefficient (Wildman–Crippen LogP) is 3.31. The van der Waals surface area contributed by atoms with Crippen molar-refractivity contribution in [2.24, 2.45) is 0 Å². The SMILES string of the molecule is CC(C)OC(=O)[C@@H](C)NP(=O)(OC[C@H]1O[C@@](C#N)(c2ccc3c(N)ncnn23)[C@](C)(F)[C@@H]1O)Oc1ccc(Cl)cc1. The Morgan fingerprint density at radius 2 is 2.02 bits per heavy atom. The number of nitrogens with one attached hydrogen (secondary N) is 1. The second-order valence-corrected chi connectivity index (χ2v) is 11.9. The van der Waals surface area contributed by atoms with Crippen LogP contribution in [0.5, 0.6) is 5.75 Å². The summed E-state index contributed by atoms with van der Waals surface area (Å²) >= 11 is 5.92. The van der Waals surface area contributed by atoms with Crippen molar-refractivity contribution in [3.8, 4) is 11.8 Å². The average Bonchev–Trinajstić information content (AvgIpc) is 3.42. The number of carbonyl (C=O) groups excluding carboxylic acids is 1. The number of ether oxygens (including phenoxy) is 2. The fourth-order valence-electron chi connectivity index (χ4n) is 4.33. The summed E-state index contributed by atoms with van der Waals surface area (Å²) < 4.78 is 53.4. The van der Waals surface area contributed by atoms with E-state index in [-0.39, 0.29) is 22.8 Å². The van der Waals surface area contributed by atoms with Gasteiger partial charge in [-0.2, -0.15) is 15.4 Å². The average molecular weight is 611 g/mol. The molecule has 41 heavy (non-hydrogen) atoms. The zero-order valence-electron chi connectivity index (χ0n) is 22.5. The Morgan fingerprint density at radius 1 is 1.34 bits per heavy atom. The molecule has 0 amide bonds. The van der Waals surface area contributed by atoms with Gasteiger partial charge < -0.3 is 24.8 Å². The minimum atomic E-state index is -4.42. The number of anilines is 1. The van der Waals surface area contributed by atoms with E-state index in [1.54, 1.807) is 13.8 Å². The molecule has 220 valence electrons. The van der Waals surface area contributed by atoms with Gasteiger partial charge in [0.15, 0.2) is 11.5 Å². The van der Waals surface area contributed by atoms with Gasteiger partial charge in [-0.3, -0.25) is 9.32 Å². The van der Waals surface area contributed by atoms with Crippen molar-refractivity contribution >= 4 is 36.7 Å². The third-order valence-corrected chi connectivity index (χ3v) is 8.32. The van der Waals surface area contributed by atoms with Crippen molar-refractivity contribution in [3.63, 3.8) is 0 Å². The minimum absolute atomic E-state index is 0.0561. The third kappa shape index (κ3) is 5.88. The van der Waals surface area contributed by atoms with Crippen LogP contribution in [0.15, 0.2) is 42.7 Å². The fraction of sp³-hybridized carbons (Fsp3) is 0.440. The molecule has 1 aliphatic heterocycles. The number of aliphatic hydroxyl groups is 1. The lowest BCUT2D eigenvalue weighted by atomic mass is 9.82. The van der Waals surface area contributed by atoms with Crippen LogP contribution in [0.25, 0.3) is 5.52 Å². The number of hydrogen-bond acceptors (Lipinski definition) is 11. The van der Waals surface area contributed by atoms with Gasteiger partial charge in [0.2, 0.25) is 5.60 Å². The predicted molar refractivity (Wildman–Crippen MR) is 145 cm³/mol. The van der Waals surface area contributed by atoms with Crippen molar-refractivity contribution in [2.45, 2.75) is 63.3 Å². The summed E-state index contributed by atoms with van der Waals surface area (Å²) in [5.41, 5.74) is 1.03. The summed E-state index contributed by atoms with van der Waals surface area (Å²) in [7, 11) is -4.42. The number of halogens is 2. The first-order valence-corrected chi connectivity index (χ1v) is 14.4. The molecule has 0 radical (unpaired) electrons. The number of carbonyl (C=O) groups is 1. The van der Waals surface area contributed by atoms with E-state index in [4.69, 9.17) is 35.9 Å². The fourth-order valence-corrected chi connectivity index (χ4v) is 5.96. The maximum Gasteiger partial charge on any atom is 0.459 e. The summed E-state index contributed by atoms with van der Waals surface area (Å²) in [6, 6.07) is 9.33. The van der Waals surface area contributed by atoms with E-state index in [1.165, 1.54) is 47.8 Å². The highest BCUT2D eigenvalue weighted by Gasteiger charge is 2.67. The van der Waals surface area contributed by atoms with Crippen LogP contribution in [0, 0.1) is 11.3 Å². The zero-order chi connectivity index (χ0) is 30.2. The molecule has 0 bridgehead atoms. The molecule has 4 N–H and O–H groups in total. The van der Waals surface area contributed by atoms with Crippen molar-refractivity contribution in [1.29, 1.82) is 5.26 Å². The maximum absolute atomic E-state index is 16.3. The Labute approximate surface area is 239 Å². The summed E-state index contributed by atoms with van der Waals surface area (Å²) in [4.78, 5) is 16.3. The van der Waals surface area contributed by atoms with Crippen LogP contribution in [0.2, 0.25) is 5.02 Å². The molecule has 1 unspecified atom stereocenters. The molecular weight excluding hydrogens is 582 g/mol. The van der Waals surface area contributed by atoms with Gasteiger partial charge in [0.25, 0.3) is 0 Å². The summed E-state index contributed by atoms with van der Waals surface area (Å²) in [6.07, 6.45) is -2.77. The Morgan fingerprint density at radius 3 is 2.66 bits per heavy atom. The Kier molecular flexibility index (Phi) is 8.61. The number of aliphatic hydroxyl groups excluding tert-OH is 1. The van der Waals surface area contributed by atoms with E-state index >= 15 is 4.39 Å². The number of fused-ring (bicyclic) bond motifs is 1. The summed E-state index contributed by atoms with van der Waals surface area (Å²) in [6.45, 7) is 4.96. The van der Waals surface area contributed by atoms with E-state index in [1.807, 2.05) is 6.07 Å². The number of hydrogen-bond donors (Lipinski definition) is 3. The lowest BCUT2D eigenvalue weighted by molar-refractivity contribution is -0.149. The molecule has 1 saturated heterocycles. The second-order valence-electron chi connectivity index (χ2n) is 9.81. The van der Waals surface area contributed by atoms with Crippen molar-refractivity contribution in [1.82, 2.24) is 19.7 Å². The molecule has 2 aromatic heterocycles. The molecule has 16 heteroatoms. The summed E-state index contributed by atoms with van der Waals surface area (Å²) in [5.74, 6) is -0.585. The van der Waals surface area contributed by atoms with Gasteiger partial charge in [0, 0.05) is 5.02 Å². The largest absolute Gasteiger partial charge is 0.462 e. The number of nitrogens with two attached hydrogens (primary N) is 1. The lowest BCUT2D eigenvalue weighted by Crippen LogP contribution is -2.48. The standard InChI is InChI=1S/C25H29ClFN6O7P/c1-14(2)38-23(35)15(3)32-41(36,40-17-7-5-16(26)6-8-17)37-11-19-21(34)24(4,27)25(12-28,39-19)20-10-9-18-22(29)30-13-31-33(18)20/h5-10,13-15,19,21,34H,11H2,1-4H3,(H,32,36)(H2,29,30,31)/t15-,19-,21-,24-,25+,41?/m1/s1. The maximum atomic E-state index is 16.3. The molecule has 1 aliphatic rings. The van der Waals surface area contributed by atoms with Crippen LogP contribution in [-0.2, 0) is 29.0 Å². The first-order valence-electron chi connectivity index (χ1n) is 12.5. The van der Waals surface area contributed by atoms with Gasteiger partial charge in [-0.25, -0.2) is 18.5 Å². The van der Waals surface area contributed by atoms with Gasteiger partial charge in [-0.15, -0.1) is 0 Å². The monoisotopic (exact) mass is 610 g/mol. The Balaban J connectivity index is 1.62. The molecular formula is C25H29ClFN6O7P. The topological polar surface area (TPSA) is 183 Å². The van der Waals surface area contributed by atoms with Crippen LogP contribution < -0.4 is 15.3 Å². The van der Waals surface area contributed by atoms with Crippen molar-refractivity contribution < 1.29 is 37.4 Å². The number of alkyl halides is 1. The van der Waals surface area contributed by atoms with Crippen LogP contribution in [-0.4, -0.2) is 62.3 Å². The van der Waals surface area contributed by atoms with E-state index < -0.39 is 55.9 Å². The van der Waals surface area contributed by atoms with Gasteiger partial charge in [0.1, 0.15) is 41.9 Å². The van der Waals surface area contributed by atoms with Crippen molar-refractivity contribution in [2.75, 3.05) is 12.3 Å². The first-order chi connectivity index (χ1) is 19.2. The molecule has 3 aromatic rings. The van der Waals surface area contributed by atoms with E-state index in [0.29, 0.717) is 5.02 Å². The van der Waals surface area contributed by atoms with Crippen LogP contribution in [0.3, 0.4) is 0 Å². The number of rotatable bonds is 10. The normalized spacial score (nSPS) is 26.4. The number of nitriles is 1. The molecule has 1 fully saturated rings. The van der Waals surface area contributed by atoms with Gasteiger partial charge in [0.05, 0.1) is 18.4 Å². The number of esters is 1. The highest BCUT2D eigenvalue weighted by atomic mass is 35.5. The first kappa shape index (κ1) is 30.6. The smallest absolute Gasteiger partial charge is 0.459 e. The quantitative estimate of drug-likeness (QED) is 0.225. The number of aromatic nitrogens is 3. The molecule has 13 nitrogen and oxygen atoms in total. The molecule has 4 rings (SSSR count). The van der Waals surface area contributed by atoms with Crippen LogP contribution >= 0.6 is 19.3 Å². The Hall–Kier alpha value is -3.31. The van der Waals surface area contributed by atoms with Gasteiger partial charge in [-0.1, -0.05) is 11.6 Å². The highest BCUT2D eigenvalue weighted by molar-refractivity contribution is 7.52. The van der Waals surface area contributed by atoms with E-state index in [0.717, 1.165) is 13.3 Å². The highest BCUT2D eigenvalue weighted by Crippen LogP contribution is 2.51. The molecule has 6 atom stereocenters. The van der Waals surface area contributed by atoms with Crippen LogP contribution in [0.1, 0.15) is 33.4 Å². The molecule has 1 aromatic carbocycles. The minimum Gasteiger partial charge on any atom is -0.462 e. The third-order valence-electron chi connectivity index (χ3n) is 6.43. The molecule has 0 spiro atoms. The zero-order valence-corrected chi connectivity index (χ0v) is 24.2. The van der Waals surface area contributed by atoms with Crippen molar-refractivity contribution in [3.05, 3.63) is 53.4 Å². The van der Waals surface area contributed by atoms with E-state index in [2.05, 4.69) is 15.2 Å².